The van der Waals surface area contributed by atoms with E-state index >= 15 is 0 Å². The second-order valence-corrected chi connectivity index (χ2v) is 10.0. The average molecular weight is 443 g/mol. The molecule has 3 heteroatoms. The van der Waals surface area contributed by atoms with Crippen LogP contribution in [-0.4, -0.2) is 18.4 Å². The molecule has 32 heavy (non-hydrogen) atoms. The SMILES string of the molecule is CCCCCCCCCCCCOC(=O)C(C(=O)c1c(C)cc(C)cc1C)C1CCCC1. The molecule has 1 aromatic carbocycles. The Labute approximate surface area is 196 Å². The minimum Gasteiger partial charge on any atom is -0.465 e. The third kappa shape index (κ3) is 8.37. The predicted molar refractivity (Wildman–Crippen MR) is 133 cm³/mol. The molecule has 0 aromatic heterocycles. The lowest BCUT2D eigenvalue weighted by molar-refractivity contribution is -0.148. The first-order valence-electron chi connectivity index (χ1n) is 13.2. The van der Waals surface area contributed by atoms with E-state index in [0.717, 1.165) is 60.8 Å². The molecule has 1 aromatic rings. The van der Waals surface area contributed by atoms with Gasteiger partial charge >= 0.3 is 5.97 Å². The fourth-order valence-corrected chi connectivity index (χ4v) is 5.38. The highest BCUT2D eigenvalue weighted by atomic mass is 16.5. The first-order chi connectivity index (χ1) is 15.5. The molecule has 1 fully saturated rings. The highest BCUT2D eigenvalue weighted by molar-refractivity contribution is 6.10. The van der Waals surface area contributed by atoms with Crippen molar-refractivity contribution in [3.8, 4) is 0 Å². The van der Waals surface area contributed by atoms with Crippen molar-refractivity contribution in [3.63, 3.8) is 0 Å². The van der Waals surface area contributed by atoms with Crippen molar-refractivity contribution in [1.82, 2.24) is 0 Å². The summed E-state index contributed by atoms with van der Waals surface area (Å²) < 4.78 is 5.67. The highest BCUT2D eigenvalue weighted by Crippen LogP contribution is 2.35. The van der Waals surface area contributed by atoms with E-state index in [4.69, 9.17) is 4.74 Å². The molecule has 0 heterocycles. The maximum absolute atomic E-state index is 13.5. The summed E-state index contributed by atoms with van der Waals surface area (Å²) >= 11 is 0. The molecular weight excluding hydrogens is 396 g/mol. The van der Waals surface area contributed by atoms with Crippen LogP contribution in [0.5, 0.6) is 0 Å². The number of esters is 1. The van der Waals surface area contributed by atoms with Crippen LogP contribution in [0.15, 0.2) is 12.1 Å². The normalized spacial score (nSPS) is 15.1. The van der Waals surface area contributed by atoms with E-state index in [2.05, 4.69) is 6.92 Å². The molecule has 0 saturated heterocycles. The molecule has 0 amide bonds. The number of hydrogen-bond donors (Lipinski definition) is 0. The highest BCUT2D eigenvalue weighted by Gasteiger charge is 2.38. The lowest BCUT2D eigenvalue weighted by Gasteiger charge is -2.23. The number of carbonyl (C=O) groups is 2. The summed E-state index contributed by atoms with van der Waals surface area (Å²) in [6.07, 6.45) is 16.6. The Morgan fingerprint density at radius 1 is 0.844 bits per heavy atom. The Balaban J connectivity index is 1.82. The van der Waals surface area contributed by atoms with E-state index in [1.165, 1.54) is 51.4 Å². The summed E-state index contributed by atoms with van der Waals surface area (Å²) in [5.41, 5.74) is 3.82. The van der Waals surface area contributed by atoms with Gasteiger partial charge < -0.3 is 4.74 Å². The number of rotatable bonds is 15. The molecule has 0 spiro atoms. The van der Waals surface area contributed by atoms with Gasteiger partial charge in [-0.3, -0.25) is 9.59 Å². The predicted octanol–water partition coefficient (Wildman–Crippen LogP) is 8.07. The van der Waals surface area contributed by atoms with Crippen molar-refractivity contribution >= 4 is 11.8 Å². The van der Waals surface area contributed by atoms with Gasteiger partial charge in [0.2, 0.25) is 0 Å². The summed E-state index contributed by atoms with van der Waals surface area (Å²) in [5, 5.41) is 0. The van der Waals surface area contributed by atoms with Gasteiger partial charge in [-0.1, -0.05) is 95.2 Å². The molecule has 0 N–H and O–H groups in total. The largest absolute Gasteiger partial charge is 0.465 e. The zero-order valence-electron chi connectivity index (χ0n) is 21.1. The third-order valence-corrected chi connectivity index (χ3v) is 7.07. The molecular formula is C29H46O3. The minimum absolute atomic E-state index is 0.0278. The van der Waals surface area contributed by atoms with Gasteiger partial charge in [0, 0.05) is 5.56 Å². The number of ether oxygens (including phenoxy) is 1. The Kier molecular flexibility index (Phi) is 12.1. The van der Waals surface area contributed by atoms with Gasteiger partial charge in [-0.05, 0) is 57.1 Å². The molecule has 180 valence electrons. The van der Waals surface area contributed by atoms with Gasteiger partial charge in [-0.2, -0.15) is 0 Å². The van der Waals surface area contributed by atoms with Crippen LogP contribution >= 0.6 is 0 Å². The summed E-state index contributed by atoms with van der Waals surface area (Å²) in [7, 11) is 0. The van der Waals surface area contributed by atoms with E-state index in [0.29, 0.717) is 6.61 Å². The molecule has 1 unspecified atom stereocenters. The van der Waals surface area contributed by atoms with Crippen molar-refractivity contribution in [2.75, 3.05) is 6.61 Å². The third-order valence-electron chi connectivity index (χ3n) is 7.07. The zero-order valence-corrected chi connectivity index (χ0v) is 21.1. The second-order valence-electron chi connectivity index (χ2n) is 10.0. The molecule has 1 atom stereocenters. The molecule has 1 aliphatic carbocycles. The lowest BCUT2D eigenvalue weighted by atomic mass is 9.82. The summed E-state index contributed by atoms with van der Waals surface area (Å²) in [6.45, 7) is 8.70. The van der Waals surface area contributed by atoms with Crippen molar-refractivity contribution < 1.29 is 14.3 Å². The molecule has 2 rings (SSSR count). The number of Topliss-reactive ketones (excluding diaryl/α,β-unsaturated/α-hetero) is 1. The van der Waals surface area contributed by atoms with E-state index in [9.17, 15) is 9.59 Å². The number of aryl methyl sites for hydroxylation is 3. The van der Waals surface area contributed by atoms with Crippen molar-refractivity contribution in [2.45, 2.75) is 118 Å². The van der Waals surface area contributed by atoms with Gasteiger partial charge in [0.15, 0.2) is 5.78 Å². The number of ketones is 1. The van der Waals surface area contributed by atoms with Crippen LogP contribution in [0.1, 0.15) is 124 Å². The topological polar surface area (TPSA) is 43.4 Å². The van der Waals surface area contributed by atoms with Gasteiger partial charge in [0.05, 0.1) is 6.61 Å². The second kappa shape index (κ2) is 14.5. The van der Waals surface area contributed by atoms with Gasteiger partial charge in [0.25, 0.3) is 0 Å². The average Bonchev–Trinajstić information content (AvgIpc) is 3.25. The first kappa shape index (κ1) is 26.6. The van der Waals surface area contributed by atoms with Gasteiger partial charge in [-0.15, -0.1) is 0 Å². The quantitative estimate of drug-likeness (QED) is 0.119. The van der Waals surface area contributed by atoms with Crippen LogP contribution < -0.4 is 0 Å². The fourth-order valence-electron chi connectivity index (χ4n) is 5.38. The Bertz CT molecular complexity index is 692. The van der Waals surface area contributed by atoms with Crippen molar-refractivity contribution in [2.24, 2.45) is 11.8 Å². The van der Waals surface area contributed by atoms with Crippen LogP contribution in [0.4, 0.5) is 0 Å². The number of benzene rings is 1. The summed E-state index contributed by atoms with van der Waals surface area (Å²) in [5.74, 6) is -0.833. The molecule has 3 nitrogen and oxygen atoms in total. The Hall–Kier alpha value is -1.64. The first-order valence-corrected chi connectivity index (χ1v) is 13.2. The smallest absolute Gasteiger partial charge is 0.317 e. The van der Waals surface area contributed by atoms with Crippen LogP contribution in [0.2, 0.25) is 0 Å². The van der Waals surface area contributed by atoms with Crippen LogP contribution in [0.3, 0.4) is 0 Å². The van der Waals surface area contributed by atoms with E-state index in [1.54, 1.807) is 0 Å². The summed E-state index contributed by atoms with van der Waals surface area (Å²) in [4.78, 5) is 26.6. The standard InChI is InChI=1S/C29H46O3/c1-5-6-7-8-9-10-11-12-13-16-19-32-29(31)27(25-17-14-15-18-25)28(30)26-23(3)20-22(2)21-24(26)4/h20-21,25,27H,5-19H2,1-4H3. The number of unbranched alkanes of at least 4 members (excludes halogenated alkanes) is 9. The van der Waals surface area contributed by atoms with E-state index in [-0.39, 0.29) is 17.7 Å². The van der Waals surface area contributed by atoms with Crippen molar-refractivity contribution in [1.29, 1.82) is 0 Å². The molecule has 1 saturated carbocycles. The summed E-state index contributed by atoms with van der Waals surface area (Å²) in [6, 6.07) is 4.09. The Morgan fingerprint density at radius 2 is 1.34 bits per heavy atom. The minimum atomic E-state index is -0.638. The van der Waals surface area contributed by atoms with E-state index in [1.807, 2.05) is 32.9 Å². The molecule has 0 aliphatic heterocycles. The van der Waals surface area contributed by atoms with E-state index < -0.39 is 5.92 Å². The monoisotopic (exact) mass is 442 g/mol. The maximum Gasteiger partial charge on any atom is 0.317 e. The Morgan fingerprint density at radius 3 is 1.88 bits per heavy atom. The van der Waals surface area contributed by atoms with Crippen LogP contribution in [0.25, 0.3) is 0 Å². The van der Waals surface area contributed by atoms with Gasteiger partial charge in [0.1, 0.15) is 5.92 Å². The molecule has 0 radical (unpaired) electrons. The number of carbonyl (C=O) groups excluding carboxylic acids is 2. The maximum atomic E-state index is 13.5. The van der Waals surface area contributed by atoms with Crippen LogP contribution in [0, 0.1) is 32.6 Å². The van der Waals surface area contributed by atoms with Gasteiger partial charge in [-0.25, -0.2) is 0 Å². The molecule has 1 aliphatic rings. The fraction of sp³-hybridized carbons (Fsp3) is 0.724. The number of hydrogen-bond acceptors (Lipinski definition) is 3. The lowest BCUT2D eigenvalue weighted by Crippen LogP contribution is -2.33. The zero-order chi connectivity index (χ0) is 23.3. The van der Waals surface area contributed by atoms with Crippen molar-refractivity contribution in [3.05, 3.63) is 34.4 Å². The molecule has 0 bridgehead atoms. The van der Waals surface area contributed by atoms with Crippen LogP contribution in [-0.2, 0) is 9.53 Å².